The summed E-state index contributed by atoms with van der Waals surface area (Å²) < 4.78 is 10.9. The molecule has 33 heavy (non-hydrogen) atoms. The summed E-state index contributed by atoms with van der Waals surface area (Å²) in [4.78, 5) is 13.6. The molecule has 170 valence electrons. The SMILES string of the molecule is Cc1noc(-c2ccc(CNCc3ccco3)cc2)c1N(C(=O)O)C(C)c1ccccc1Cl. The van der Waals surface area contributed by atoms with Crippen molar-refractivity contribution in [2.24, 2.45) is 0 Å². The van der Waals surface area contributed by atoms with E-state index in [4.69, 9.17) is 20.5 Å². The van der Waals surface area contributed by atoms with Gasteiger partial charge in [-0.15, -0.1) is 0 Å². The number of hydrogen-bond donors (Lipinski definition) is 2. The second kappa shape index (κ2) is 9.94. The number of benzene rings is 2. The zero-order chi connectivity index (χ0) is 23.4. The number of hydrogen-bond acceptors (Lipinski definition) is 5. The first-order valence-corrected chi connectivity index (χ1v) is 10.9. The van der Waals surface area contributed by atoms with E-state index in [9.17, 15) is 9.90 Å². The lowest BCUT2D eigenvalue weighted by Gasteiger charge is -2.27. The van der Waals surface area contributed by atoms with Gasteiger partial charge in [-0.1, -0.05) is 59.2 Å². The molecular formula is C25H24ClN3O4. The quantitative estimate of drug-likeness (QED) is 0.311. The van der Waals surface area contributed by atoms with E-state index in [0.717, 1.165) is 16.9 Å². The van der Waals surface area contributed by atoms with Crippen LogP contribution in [0, 0.1) is 6.92 Å². The van der Waals surface area contributed by atoms with E-state index in [1.165, 1.54) is 4.90 Å². The van der Waals surface area contributed by atoms with Crippen molar-refractivity contribution < 1.29 is 18.8 Å². The molecular weight excluding hydrogens is 442 g/mol. The van der Waals surface area contributed by atoms with Crippen molar-refractivity contribution in [3.8, 4) is 11.3 Å². The highest BCUT2D eigenvalue weighted by atomic mass is 35.5. The van der Waals surface area contributed by atoms with Crippen LogP contribution in [0.3, 0.4) is 0 Å². The zero-order valence-corrected chi connectivity index (χ0v) is 19.0. The predicted molar refractivity (Wildman–Crippen MR) is 126 cm³/mol. The first-order chi connectivity index (χ1) is 16.0. The molecule has 1 unspecified atom stereocenters. The minimum Gasteiger partial charge on any atom is -0.468 e. The molecule has 2 aromatic heterocycles. The Morgan fingerprint density at radius 3 is 2.55 bits per heavy atom. The van der Waals surface area contributed by atoms with E-state index in [-0.39, 0.29) is 0 Å². The van der Waals surface area contributed by atoms with Crippen molar-refractivity contribution >= 4 is 23.4 Å². The van der Waals surface area contributed by atoms with Crippen LogP contribution in [0.25, 0.3) is 11.3 Å². The third kappa shape index (κ3) is 4.94. The lowest BCUT2D eigenvalue weighted by atomic mass is 10.0. The number of carbonyl (C=O) groups is 1. The molecule has 0 saturated heterocycles. The van der Waals surface area contributed by atoms with Gasteiger partial charge in [0.15, 0.2) is 5.76 Å². The number of amides is 1. The van der Waals surface area contributed by atoms with Crippen molar-refractivity contribution in [2.45, 2.75) is 33.0 Å². The third-order valence-electron chi connectivity index (χ3n) is 5.45. The average molecular weight is 466 g/mol. The van der Waals surface area contributed by atoms with Crippen LogP contribution in [0.5, 0.6) is 0 Å². The van der Waals surface area contributed by atoms with Gasteiger partial charge in [-0.25, -0.2) is 4.79 Å². The van der Waals surface area contributed by atoms with Crippen LogP contribution >= 0.6 is 11.6 Å². The minimum absolute atomic E-state index is 0.392. The highest BCUT2D eigenvalue weighted by Crippen LogP contribution is 2.39. The van der Waals surface area contributed by atoms with Crippen LogP contribution in [0.4, 0.5) is 10.5 Å². The molecule has 2 aromatic carbocycles. The van der Waals surface area contributed by atoms with Gasteiger partial charge in [0.1, 0.15) is 17.1 Å². The van der Waals surface area contributed by atoms with Gasteiger partial charge in [-0.05, 0) is 43.2 Å². The Morgan fingerprint density at radius 2 is 1.88 bits per heavy atom. The molecule has 0 aliphatic carbocycles. The normalized spacial score (nSPS) is 12.0. The first-order valence-electron chi connectivity index (χ1n) is 10.5. The molecule has 4 aromatic rings. The second-order valence-corrected chi connectivity index (χ2v) is 8.08. The second-order valence-electron chi connectivity index (χ2n) is 7.68. The summed E-state index contributed by atoms with van der Waals surface area (Å²) in [5.41, 5.74) is 3.39. The van der Waals surface area contributed by atoms with Crippen molar-refractivity contribution in [1.29, 1.82) is 0 Å². The Hall–Kier alpha value is -3.55. The number of nitrogens with one attached hydrogen (secondary N) is 1. The lowest BCUT2D eigenvalue weighted by Crippen LogP contribution is -2.33. The number of rotatable bonds is 8. The molecule has 0 radical (unpaired) electrons. The van der Waals surface area contributed by atoms with E-state index in [1.54, 1.807) is 26.2 Å². The molecule has 4 rings (SSSR count). The molecule has 8 heteroatoms. The maximum Gasteiger partial charge on any atom is 0.412 e. The summed E-state index contributed by atoms with van der Waals surface area (Å²) in [5, 5.41) is 18.0. The molecule has 0 aliphatic rings. The summed E-state index contributed by atoms with van der Waals surface area (Å²) in [6, 6.07) is 18.2. The van der Waals surface area contributed by atoms with Gasteiger partial charge in [-0.2, -0.15) is 0 Å². The molecule has 7 nitrogen and oxygen atoms in total. The van der Waals surface area contributed by atoms with Crippen LogP contribution < -0.4 is 10.2 Å². The fourth-order valence-corrected chi connectivity index (χ4v) is 4.06. The molecule has 1 atom stereocenters. The van der Waals surface area contributed by atoms with E-state index in [0.29, 0.717) is 40.8 Å². The number of nitrogens with zero attached hydrogens (tertiary/aromatic N) is 2. The van der Waals surface area contributed by atoms with Gasteiger partial charge in [-0.3, -0.25) is 4.90 Å². The van der Waals surface area contributed by atoms with Gasteiger partial charge < -0.3 is 19.4 Å². The number of aromatic nitrogens is 1. The molecule has 2 heterocycles. The summed E-state index contributed by atoms with van der Waals surface area (Å²) in [6.45, 7) is 4.81. The summed E-state index contributed by atoms with van der Waals surface area (Å²) in [5.74, 6) is 1.26. The largest absolute Gasteiger partial charge is 0.468 e. The fourth-order valence-electron chi connectivity index (χ4n) is 3.76. The molecule has 0 bridgehead atoms. The summed E-state index contributed by atoms with van der Waals surface area (Å²) >= 11 is 6.35. The molecule has 1 amide bonds. The maximum atomic E-state index is 12.3. The summed E-state index contributed by atoms with van der Waals surface area (Å²) in [6.07, 6.45) is 0.532. The van der Waals surface area contributed by atoms with Gasteiger partial charge in [0, 0.05) is 17.1 Å². The summed E-state index contributed by atoms with van der Waals surface area (Å²) in [7, 11) is 0. The van der Waals surface area contributed by atoms with Gasteiger partial charge >= 0.3 is 6.09 Å². The van der Waals surface area contributed by atoms with Crippen molar-refractivity contribution in [2.75, 3.05) is 4.90 Å². The minimum atomic E-state index is -1.12. The maximum absolute atomic E-state index is 12.3. The number of carboxylic acid groups (broad SMARTS) is 1. The van der Waals surface area contributed by atoms with Crippen LogP contribution in [-0.4, -0.2) is 16.4 Å². The zero-order valence-electron chi connectivity index (χ0n) is 18.3. The Labute approximate surface area is 196 Å². The van der Waals surface area contributed by atoms with Crippen molar-refractivity contribution in [1.82, 2.24) is 10.5 Å². The van der Waals surface area contributed by atoms with E-state index in [1.807, 2.05) is 54.6 Å². The highest BCUT2D eigenvalue weighted by Gasteiger charge is 2.31. The predicted octanol–water partition coefficient (Wildman–Crippen LogP) is 6.43. The lowest BCUT2D eigenvalue weighted by molar-refractivity contribution is 0.199. The molecule has 2 N–H and O–H groups in total. The monoisotopic (exact) mass is 465 g/mol. The Morgan fingerprint density at radius 1 is 1.12 bits per heavy atom. The topological polar surface area (TPSA) is 91.7 Å². The molecule has 0 aliphatic heterocycles. The van der Waals surface area contributed by atoms with Crippen LogP contribution in [0.15, 0.2) is 75.9 Å². The Kier molecular flexibility index (Phi) is 6.82. The Balaban J connectivity index is 1.58. The number of halogens is 1. The van der Waals surface area contributed by atoms with Crippen LogP contribution in [0.2, 0.25) is 5.02 Å². The number of aryl methyl sites for hydroxylation is 1. The number of furan rings is 1. The average Bonchev–Trinajstić information content (AvgIpc) is 3.45. The smallest absolute Gasteiger partial charge is 0.412 e. The molecule has 0 saturated carbocycles. The van der Waals surface area contributed by atoms with Gasteiger partial charge in [0.05, 0.1) is 18.8 Å². The molecule has 0 fully saturated rings. The van der Waals surface area contributed by atoms with Gasteiger partial charge in [0.2, 0.25) is 0 Å². The fraction of sp³-hybridized carbons (Fsp3) is 0.200. The van der Waals surface area contributed by atoms with Crippen LogP contribution in [0.1, 0.15) is 35.5 Å². The van der Waals surface area contributed by atoms with Crippen molar-refractivity contribution in [3.05, 3.63) is 94.5 Å². The van der Waals surface area contributed by atoms with Gasteiger partial charge in [0.25, 0.3) is 0 Å². The Bertz CT molecular complexity index is 1220. The van der Waals surface area contributed by atoms with E-state index < -0.39 is 12.1 Å². The molecule has 0 spiro atoms. The van der Waals surface area contributed by atoms with Crippen molar-refractivity contribution in [3.63, 3.8) is 0 Å². The van der Waals surface area contributed by atoms with E-state index >= 15 is 0 Å². The first kappa shape index (κ1) is 22.6. The standard InChI is InChI=1S/C25H24ClN3O4/c1-16-23(29(25(30)31)17(2)21-7-3-4-8-22(21)26)24(33-28-16)19-11-9-18(10-12-19)14-27-15-20-6-5-13-32-20/h3-13,17,27H,14-15H2,1-2H3,(H,30,31). The third-order valence-corrected chi connectivity index (χ3v) is 5.79. The number of anilines is 1. The van der Waals surface area contributed by atoms with E-state index in [2.05, 4.69) is 10.5 Å². The van der Waals surface area contributed by atoms with Crippen LogP contribution in [-0.2, 0) is 13.1 Å². The highest BCUT2D eigenvalue weighted by molar-refractivity contribution is 6.31.